The van der Waals surface area contributed by atoms with E-state index in [9.17, 15) is 9.90 Å². The third kappa shape index (κ3) is 1.97. The summed E-state index contributed by atoms with van der Waals surface area (Å²) in [5.74, 6) is 0.567. The molecule has 0 aliphatic carbocycles. The first-order valence-corrected chi connectivity index (χ1v) is 5.83. The number of benzene rings is 1. The molecule has 94 valence electrons. The highest BCUT2D eigenvalue weighted by Gasteiger charge is 2.29. The molecule has 4 heteroatoms. The van der Waals surface area contributed by atoms with Crippen molar-refractivity contribution in [2.24, 2.45) is 0 Å². The molecule has 4 nitrogen and oxygen atoms in total. The van der Waals surface area contributed by atoms with Crippen LogP contribution in [0.5, 0.6) is 11.5 Å². The molecule has 0 atom stereocenters. The van der Waals surface area contributed by atoms with Gasteiger partial charge >= 0.3 is 0 Å². The molecule has 0 saturated heterocycles. The summed E-state index contributed by atoms with van der Waals surface area (Å²) in [6.07, 6.45) is 4.96. The number of nitrogens with zero attached hydrogens (tertiary/aromatic N) is 1. The number of fused-ring (bicyclic) bond motifs is 1. The van der Waals surface area contributed by atoms with E-state index in [2.05, 4.69) is 4.98 Å². The zero-order chi connectivity index (χ0) is 13.4. The minimum Gasteiger partial charge on any atom is -0.508 e. The highest BCUT2D eigenvalue weighted by Crippen LogP contribution is 2.36. The number of carbonyl (C=O) groups excluding carboxylic acids is 1. The summed E-state index contributed by atoms with van der Waals surface area (Å²) >= 11 is 0. The molecule has 2 heterocycles. The number of aromatic nitrogens is 1. The molecule has 1 aliphatic heterocycles. The fourth-order valence-corrected chi connectivity index (χ4v) is 2.10. The molecular formula is C15H11NO3. The first-order valence-electron chi connectivity index (χ1n) is 5.83. The number of rotatable bonds is 1. The summed E-state index contributed by atoms with van der Waals surface area (Å²) in [5, 5.41) is 9.52. The van der Waals surface area contributed by atoms with Crippen LogP contribution >= 0.6 is 0 Å². The SMILES string of the molecule is Cc1cc(O)cc2c1C(=O)/C(=C/c1cccnc1)O2. The number of ketones is 1. The number of ether oxygens (including phenoxy) is 1. The molecule has 19 heavy (non-hydrogen) atoms. The van der Waals surface area contributed by atoms with Gasteiger partial charge < -0.3 is 9.84 Å². The van der Waals surface area contributed by atoms with Gasteiger partial charge in [-0.2, -0.15) is 0 Å². The van der Waals surface area contributed by atoms with Crippen molar-refractivity contribution in [1.82, 2.24) is 4.98 Å². The fourth-order valence-electron chi connectivity index (χ4n) is 2.10. The van der Waals surface area contributed by atoms with Crippen molar-refractivity contribution >= 4 is 11.9 Å². The van der Waals surface area contributed by atoms with Crippen LogP contribution in [0.2, 0.25) is 0 Å². The third-order valence-corrected chi connectivity index (χ3v) is 2.94. The number of aryl methyl sites for hydroxylation is 1. The number of carbonyl (C=O) groups is 1. The molecular weight excluding hydrogens is 242 g/mol. The predicted octanol–water partition coefficient (Wildman–Crippen LogP) is 2.71. The quantitative estimate of drug-likeness (QED) is 0.794. The normalized spacial score (nSPS) is 15.4. The average Bonchev–Trinajstić information content (AvgIpc) is 2.67. The Morgan fingerprint density at radius 2 is 2.21 bits per heavy atom. The summed E-state index contributed by atoms with van der Waals surface area (Å²) in [4.78, 5) is 16.2. The number of phenols is 1. The smallest absolute Gasteiger partial charge is 0.232 e. The van der Waals surface area contributed by atoms with Crippen LogP contribution in [-0.4, -0.2) is 15.9 Å². The number of hydrogen-bond acceptors (Lipinski definition) is 4. The van der Waals surface area contributed by atoms with E-state index in [-0.39, 0.29) is 17.3 Å². The van der Waals surface area contributed by atoms with Crippen LogP contribution in [0.15, 0.2) is 42.4 Å². The predicted molar refractivity (Wildman–Crippen MR) is 70.0 cm³/mol. The van der Waals surface area contributed by atoms with Gasteiger partial charge in [-0.1, -0.05) is 6.07 Å². The molecule has 3 rings (SSSR count). The average molecular weight is 253 g/mol. The Bertz CT molecular complexity index is 690. The molecule has 0 unspecified atom stereocenters. The summed E-state index contributed by atoms with van der Waals surface area (Å²) < 4.78 is 5.51. The molecule has 0 saturated carbocycles. The van der Waals surface area contributed by atoms with Crippen LogP contribution in [0.1, 0.15) is 21.5 Å². The van der Waals surface area contributed by atoms with E-state index in [1.54, 1.807) is 37.5 Å². The van der Waals surface area contributed by atoms with Crippen molar-refractivity contribution in [1.29, 1.82) is 0 Å². The molecule has 1 aromatic heterocycles. The monoisotopic (exact) mass is 253 g/mol. The Kier molecular flexibility index (Phi) is 2.56. The summed E-state index contributed by atoms with van der Waals surface area (Å²) in [6.45, 7) is 1.77. The van der Waals surface area contributed by atoms with Gasteiger partial charge in [0.2, 0.25) is 5.78 Å². The first kappa shape index (κ1) is 11.5. The lowest BCUT2D eigenvalue weighted by atomic mass is 10.0. The lowest BCUT2D eigenvalue weighted by Crippen LogP contribution is -1.99. The van der Waals surface area contributed by atoms with Gasteiger partial charge in [-0.3, -0.25) is 9.78 Å². The largest absolute Gasteiger partial charge is 0.508 e. The molecule has 0 bridgehead atoms. The van der Waals surface area contributed by atoms with Gasteiger partial charge in [0.05, 0.1) is 5.56 Å². The molecule has 0 fully saturated rings. The summed E-state index contributed by atoms with van der Waals surface area (Å²) in [7, 11) is 0. The van der Waals surface area contributed by atoms with Crippen molar-refractivity contribution in [3.05, 3.63) is 59.1 Å². The van der Waals surface area contributed by atoms with E-state index in [0.29, 0.717) is 16.9 Å². The van der Waals surface area contributed by atoms with Gasteiger partial charge in [0.25, 0.3) is 0 Å². The molecule has 0 spiro atoms. The fraction of sp³-hybridized carbons (Fsp3) is 0.0667. The molecule has 2 aromatic rings. The van der Waals surface area contributed by atoms with E-state index in [0.717, 1.165) is 5.56 Å². The number of hydrogen-bond donors (Lipinski definition) is 1. The lowest BCUT2D eigenvalue weighted by molar-refractivity contribution is 0.101. The summed E-state index contributed by atoms with van der Waals surface area (Å²) in [5.41, 5.74) is 2.00. The van der Waals surface area contributed by atoms with Gasteiger partial charge in [-0.25, -0.2) is 0 Å². The maximum Gasteiger partial charge on any atom is 0.232 e. The van der Waals surface area contributed by atoms with Gasteiger partial charge in [-0.05, 0) is 36.3 Å². The topological polar surface area (TPSA) is 59.4 Å². The van der Waals surface area contributed by atoms with Gasteiger partial charge in [0, 0.05) is 18.5 Å². The van der Waals surface area contributed by atoms with Crippen molar-refractivity contribution in [3.8, 4) is 11.5 Å². The van der Waals surface area contributed by atoms with E-state index in [4.69, 9.17) is 4.74 Å². The van der Waals surface area contributed by atoms with E-state index >= 15 is 0 Å². The first-order chi connectivity index (χ1) is 9.15. The van der Waals surface area contributed by atoms with Crippen LogP contribution in [0.3, 0.4) is 0 Å². The minimum atomic E-state index is -0.170. The molecule has 1 aliphatic rings. The number of Topliss-reactive ketones (excluding diaryl/α,β-unsaturated/α-hetero) is 1. The van der Waals surface area contributed by atoms with Crippen LogP contribution in [0.4, 0.5) is 0 Å². The van der Waals surface area contributed by atoms with Gasteiger partial charge in [-0.15, -0.1) is 0 Å². The molecule has 0 amide bonds. The Labute approximate surface area is 110 Å². The second-order valence-corrected chi connectivity index (χ2v) is 4.36. The van der Waals surface area contributed by atoms with Crippen molar-refractivity contribution in [2.75, 3.05) is 0 Å². The van der Waals surface area contributed by atoms with E-state index < -0.39 is 0 Å². The zero-order valence-corrected chi connectivity index (χ0v) is 10.3. The Morgan fingerprint density at radius 1 is 1.37 bits per heavy atom. The zero-order valence-electron chi connectivity index (χ0n) is 10.3. The van der Waals surface area contributed by atoms with Crippen molar-refractivity contribution in [2.45, 2.75) is 6.92 Å². The van der Waals surface area contributed by atoms with Gasteiger partial charge in [0.15, 0.2) is 5.76 Å². The maximum absolute atomic E-state index is 12.2. The van der Waals surface area contributed by atoms with Crippen LogP contribution in [0, 0.1) is 6.92 Å². The van der Waals surface area contributed by atoms with Crippen molar-refractivity contribution < 1.29 is 14.6 Å². The van der Waals surface area contributed by atoms with E-state index in [1.807, 2.05) is 6.07 Å². The Morgan fingerprint density at radius 3 is 2.95 bits per heavy atom. The second kappa shape index (κ2) is 4.24. The van der Waals surface area contributed by atoms with Crippen LogP contribution in [-0.2, 0) is 0 Å². The molecule has 1 aromatic carbocycles. The number of pyridine rings is 1. The van der Waals surface area contributed by atoms with Gasteiger partial charge in [0.1, 0.15) is 11.5 Å². The number of phenolic OH excluding ortho intramolecular Hbond substituents is 1. The lowest BCUT2D eigenvalue weighted by Gasteiger charge is -2.00. The number of aromatic hydroxyl groups is 1. The number of allylic oxidation sites excluding steroid dienone is 1. The second-order valence-electron chi connectivity index (χ2n) is 4.36. The maximum atomic E-state index is 12.2. The van der Waals surface area contributed by atoms with E-state index in [1.165, 1.54) is 6.07 Å². The molecule has 1 N–H and O–H groups in total. The van der Waals surface area contributed by atoms with Crippen LogP contribution < -0.4 is 4.74 Å². The Balaban J connectivity index is 2.05. The third-order valence-electron chi connectivity index (χ3n) is 2.94. The molecule has 0 radical (unpaired) electrons. The highest BCUT2D eigenvalue weighted by atomic mass is 16.5. The standard InChI is InChI=1S/C15H11NO3/c1-9-5-11(17)7-12-14(9)15(18)13(19-12)6-10-3-2-4-16-8-10/h2-8,17H,1H3/b13-6-. The van der Waals surface area contributed by atoms with Crippen molar-refractivity contribution in [3.63, 3.8) is 0 Å². The van der Waals surface area contributed by atoms with Crippen LogP contribution in [0.25, 0.3) is 6.08 Å². The summed E-state index contributed by atoms with van der Waals surface area (Å²) in [6, 6.07) is 6.62. The highest BCUT2D eigenvalue weighted by molar-refractivity contribution is 6.15. The minimum absolute atomic E-state index is 0.0895. The Hall–Kier alpha value is -2.62.